The third-order valence-corrected chi connectivity index (χ3v) is 1.53. The number of hydrogen-bond donors (Lipinski definition) is 1. The molecule has 0 aliphatic heterocycles. The fraction of sp³-hybridized carbons (Fsp3) is 0.667. The molecule has 0 fully saturated rings. The molecule has 0 aliphatic carbocycles. The first kappa shape index (κ1) is 7.37. The average Bonchev–Trinajstić information content (AvgIpc) is 1.64. The minimum Gasteiger partial charge on any atom is -0.480 e. The number of carboxylic acid groups (broad SMARTS) is 1. The van der Waals surface area contributed by atoms with Gasteiger partial charge >= 0.3 is 13.6 Å². The molecule has 0 amide bonds. The van der Waals surface area contributed by atoms with E-state index in [4.69, 9.17) is 5.11 Å². The molecule has 0 aromatic carbocycles. The molecule has 0 spiro atoms. The van der Waals surface area contributed by atoms with Crippen LogP contribution in [0, 0.1) is 0 Å². The van der Waals surface area contributed by atoms with Crippen LogP contribution in [0.2, 0.25) is 0 Å². The summed E-state index contributed by atoms with van der Waals surface area (Å²) in [5.74, 6) is -1.30. The van der Waals surface area contributed by atoms with Crippen LogP contribution in [0.3, 0.4) is 0 Å². The van der Waals surface area contributed by atoms with Gasteiger partial charge < -0.3 is 5.11 Å². The molecule has 0 aromatic rings. The van der Waals surface area contributed by atoms with Crippen molar-refractivity contribution in [2.75, 3.05) is 0 Å². The second kappa shape index (κ2) is 2.62. The summed E-state index contributed by atoms with van der Waals surface area (Å²) in [4.78, 5) is 9.76. The lowest BCUT2D eigenvalue weighted by Crippen LogP contribution is -2.08. The SMILES string of the molecule is CC(C(=O)O)P(=O)=O. The van der Waals surface area contributed by atoms with Gasteiger partial charge in [0.1, 0.15) is 0 Å². The van der Waals surface area contributed by atoms with E-state index in [0.29, 0.717) is 0 Å². The molecule has 8 heavy (non-hydrogen) atoms. The molecule has 1 N–H and O–H groups in total. The molecule has 5 heteroatoms. The van der Waals surface area contributed by atoms with E-state index in [1.54, 1.807) is 0 Å². The zero-order chi connectivity index (χ0) is 6.73. The van der Waals surface area contributed by atoms with Gasteiger partial charge in [-0.25, -0.2) is 9.13 Å². The highest BCUT2D eigenvalue weighted by Crippen LogP contribution is 2.12. The summed E-state index contributed by atoms with van der Waals surface area (Å²) in [6.45, 7) is 1.12. The maximum Gasteiger partial charge on any atom is 0.329 e. The lowest BCUT2D eigenvalue weighted by Gasteiger charge is -1.87. The van der Waals surface area contributed by atoms with Crippen LogP contribution in [0.15, 0.2) is 0 Å². The van der Waals surface area contributed by atoms with Gasteiger partial charge in [-0.05, 0) is 6.92 Å². The Hall–Kier alpha value is -0.630. The highest BCUT2D eigenvalue weighted by molar-refractivity contribution is 7.33. The van der Waals surface area contributed by atoms with Crippen LogP contribution in [0.4, 0.5) is 0 Å². The normalized spacial score (nSPS) is 12.6. The fourth-order valence-electron chi connectivity index (χ4n) is 0.0902. The zero-order valence-corrected chi connectivity index (χ0v) is 5.09. The van der Waals surface area contributed by atoms with Gasteiger partial charge in [-0.1, -0.05) is 0 Å². The highest BCUT2D eigenvalue weighted by atomic mass is 31.1. The van der Waals surface area contributed by atoms with Crippen molar-refractivity contribution in [3.05, 3.63) is 0 Å². The largest absolute Gasteiger partial charge is 0.480 e. The monoisotopic (exact) mass is 136 g/mol. The molecule has 1 atom stereocenters. The van der Waals surface area contributed by atoms with Crippen LogP contribution in [0.1, 0.15) is 6.92 Å². The standard InChI is InChI=1S/C3H5O4P/c1-2(3(4)5)8(6)7/h2H,1H3,(H,4,5). The minimum atomic E-state index is -2.80. The number of carbonyl (C=O) groups is 1. The Kier molecular flexibility index (Phi) is 2.42. The highest BCUT2D eigenvalue weighted by Gasteiger charge is 2.15. The van der Waals surface area contributed by atoms with Gasteiger partial charge in [0.05, 0.1) is 0 Å². The van der Waals surface area contributed by atoms with E-state index >= 15 is 0 Å². The second-order valence-corrected chi connectivity index (χ2v) is 2.64. The maximum atomic E-state index is 9.80. The van der Waals surface area contributed by atoms with Gasteiger partial charge in [0.2, 0.25) is 0 Å². The van der Waals surface area contributed by atoms with Crippen molar-refractivity contribution >= 4 is 13.6 Å². The van der Waals surface area contributed by atoms with Gasteiger partial charge in [0.25, 0.3) is 0 Å². The van der Waals surface area contributed by atoms with Crippen LogP contribution in [0.5, 0.6) is 0 Å². The third-order valence-electron chi connectivity index (χ3n) is 0.674. The van der Waals surface area contributed by atoms with Crippen molar-refractivity contribution in [2.24, 2.45) is 0 Å². The Morgan fingerprint density at radius 1 is 1.62 bits per heavy atom. The molecule has 46 valence electrons. The lowest BCUT2D eigenvalue weighted by molar-refractivity contribution is -0.136. The third kappa shape index (κ3) is 1.89. The van der Waals surface area contributed by atoms with Crippen LogP contribution in [-0.4, -0.2) is 16.7 Å². The molecule has 0 saturated heterocycles. The van der Waals surface area contributed by atoms with E-state index in [1.807, 2.05) is 0 Å². The number of carboxylic acids is 1. The Balaban J connectivity index is 4.04. The first-order chi connectivity index (χ1) is 3.55. The number of hydrogen-bond acceptors (Lipinski definition) is 3. The van der Waals surface area contributed by atoms with E-state index in [9.17, 15) is 13.9 Å². The Morgan fingerprint density at radius 3 is 2.00 bits per heavy atom. The molecule has 4 nitrogen and oxygen atoms in total. The molecule has 0 aliphatic rings. The number of aliphatic carboxylic acids is 1. The van der Waals surface area contributed by atoms with Crippen LogP contribution in [0.25, 0.3) is 0 Å². The van der Waals surface area contributed by atoms with Crippen molar-refractivity contribution in [3.63, 3.8) is 0 Å². The van der Waals surface area contributed by atoms with E-state index in [1.165, 1.54) is 0 Å². The summed E-state index contributed by atoms with van der Waals surface area (Å²) in [6, 6.07) is 0. The van der Waals surface area contributed by atoms with E-state index in [2.05, 4.69) is 0 Å². The fourth-order valence-corrected chi connectivity index (χ4v) is 0.271. The van der Waals surface area contributed by atoms with E-state index in [-0.39, 0.29) is 0 Å². The first-order valence-corrected chi connectivity index (χ1v) is 3.16. The topological polar surface area (TPSA) is 71.4 Å². The predicted molar refractivity (Wildman–Crippen MR) is 25.4 cm³/mol. The lowest BCUT2D eigenvalue weighted by atomic mass is 10.5. The molecule has 0 heterocycles. The van der Waals surface area contributed by atoms with Crippen molar-refractivity contribution in [3.8, 4) is 0 Å². The molecular weight excluding hydrogens is 131 g/mol. The van der Waals surface area contributed by atoms with Gasteiger partial charge in [-0.15, -0.1) is 0 Å². The van der Waals surface area contributed by atoms with Gasteiger partial charge in [-0.3, -0.25) is 4.79 Å². The minimum absolute atomic E-state index is 1.12. The Bertz CT molecular complexity index is 151. The van der Waals surface area contributed by atoms with Gasteiger partial charge in [0, 0.05) is 0 Å². The summed E-state index contributed by atoms with van der Waals surface area (Å²) in [7, 11) is -2.80. The van der Waals surface area contributed by atoms with Crippen LogP contribution < -0.4 is 0 Å². The summed E-state index contributed by atoms with van der Waals surface area (Å²) in [5.41, 5.74) is -1.26. The van der Waals surface area contributed by atoms with Crippen molar-refractivity contribution in [2.45, 2.75) is 12.6 Å². The second-order valence-electron chi connectivity index (χ2n) is 1.30. The molecular formula is C3H5O4P. The molecule has 0 bridgehead atoms. The van der Waals surface area contributed by atoms with Gasteiger partial charge in [-0.2, -0.15) is 0 Å². The van der Waals surface area contributed by atoms with Crippen molar-refractivity contribution in [1.29, 1.82) is 0 Å². The van der Waals surface area contributed by atoms with E-state index in [0.717, 1.165) is 6.92 Å². The van der Waals surface area contributed by atoms with Crippen LogP contribution in [-0.2, 0) is 13.9 Å². The molecule has 0 radical (unpaired) electrons. The van der Waals surface area contributed by atoms with Crippen LogP contribution >= 0.6 is 7.68 Å². The first-order valence-electron chi connectivity index (χ1n) is 1.92. The maximum absolute atomic E-state index is 9.80. The Morgan fingerprint density at radius 2 is 2.00 bits per heavy atom. The van der Waals surface area contributed by atoms with Gasteiger partial charge in [0.15, 0.2) is 5.66 Å². The number of rotatable bonds is 2. The Labute approximate surface area is 46.3 Å². The quantitative estimate of drug-likeness (QED) is 0.565. The molecule has 0 rings (SSSR count). The van der Waals surface area contributed by atoms with E-state index < -0.39 is 19.3 Å². The smallest absolute Gasteiger partial charge is 0.329 e. The summed E-state index contributed by atoms with van der Waals surface area (Å²) < 4.78 is 19.6. The molecule has 0 saturated carbocycles. The summed E-state index contributed by atoms with van der Waals surface area (Å²) in [6.07, 6.45) is 0. The molecule has 0 aromatic heterocycles. The molecule has 1 unspecified atom stereocenters. The summed E-state index contributed by atoms with van der Waals surface area (Å²) in [5, 5.41) is 7.97. The van der Waals surface area contributed by atoms with Crippen molar-refractivity contribution < 1.29 is 19.0 Å². The zero-order valence-electron chi connectivity index (χ0n) is 4.20. The predicted octanol–water partition coefficient (Wildman–Crippen LogP) is 0.632. The van der Waals surface area contributed by atoms with Crippen molar-refractivity contribution in [1.82, 2.24) is 0 Å². The summed E-state index contributed by atoms with van der Waals surface area (Å²) >= 11 is 0. The average molecular weight is 136 g/mol.